The van der Waals surface area contributed by atoms with E-state index in [1.54, 1.807) is 0 Å². The number of halogens is 3. The fourth-order valence-electron chi connectivity index (χ4n) is 1.76. The van der Waals surface area contributed by atoms with Crippen LogP contribution in [-0.2, 0) is 13.2 Å². The lowest BCUT2D eigenvalue weighted by Crippen LogP contribution is -2.03. The van der Waals surface area contributed by atoms with E-state index in [0.717, 1.165) is 17.1 Å². The summed E-state index contributed by atoms with van der Waals surface area (Å²) in [5, 5.41) is 3.07. The van der Waals surface area contributed by atoms with Crippen LogP contribution < -0.4 is 10.1 Å². The highest BCUT2D eigenvalue weighted by molar-refractivity contribution is 9.10. The Balaban J connectivity index is 2.10. The number of aryl methyl sites for hydroxylation is 1. The van der Waals surface area contributed by atoms with Crippen molar-refractivity contribution >= 4 is 27.5 Å². The van der Waals surface area contributed by atoms with Crippen molar-refractivity contribution in [3.05, 3.63) is 50.6 Å². The highest BCUT2D eigenvalue weighted by Crippen LogP contribution is 2.31. The summed E-state index contributed by atoms with van der Waals surface area (Å²) in [6.45, 7) is 2.83. The van der Waals surface area contributed by atoms with Crippen LogP contribution in [0.1, 0.15) is 17.1 Å². The van der Waals surface area contributed by atoms with Crippen LogP contribution in [0.5, 0.6) is 5.75 Å². The zero-order valence-corrected chi connectivity index (χ0v) is 13.4. The first-order valence-electron chi connectivity index (χ1n) is 6.01. The molecule has 1 aromatic carbocycles. The van der Waals surface area contributed by atoms with Crippen LogP contribution in [0.2, 0.25) is 5.02 Å². The molecular weight excluding hydrogens is 349 g/mol. The molecule has 0 spiro atoms. The van der Waals surface area contributed by atoms with Crippen LogP contribution in [0, 0.1) is 12.7 Å². The number of ether oxygens (including phenoxy) is 1. The molecule has 0 fully saturated rings. The Morgan fingerprint density at radius 3 is 2.85 bits per heavy atom. The molecule has 2 aromatic rings. The van der Waals surface area contributed by atoms with Gasteiger partial charge in [0.2, 0.25) is 0 Å². The summed E-state index contributed by atoms with van der Waals surface area (Å²) in [4.78, 5) is 0. The lowest BCUT2D eigenvalue weighted by atomic mass is 10.2. The summed E-state index contributed by atoms with van der Waals surface area (Å²) >= 11 is 8.98. The van der Waals surface area contributed by atoms with Gasteiger partial charge in [-0.2, -0.15) is 0 Å². The van der Waals surface area contributed by atoms with Crippen molar-refractivity contribution in [2.75, 3.05) is 7.05 Å². The van der Waals surface area contributed by atoms with Crippen LogP contribution in [-0.4, -0.2) is 7.05 Å². The van der Waals surface area contributed by atoms with Crippen LogP contribution in [0.3, 0.4) is 0 Å². The van der Waals surface area contributed by atoms with Crippen molar-refractivity contribution in [3.8, 4) is 5.75 Å². The molecule has 2 rings (SSSR count). The first-order chi connectivity index (χ1) is 9.51. The minimum atomic E-state index is -0.510. The molecule has 0 saturated carbocycles. The average molecular weight is 363 g/mol. The van der Waals surface area contributed by atoms with E-state index in [1.807, 2.05) is 20.0 Å². The van der Waals surface area contributed by atoms with E-state index in [9.17, 15) is 4.39 Å². The Hall–Kier alpha value is -1.04. The van der Waals surface area contributed by atoms with Crippen molar-refractivity contribution in [1.29, 1.82) is 0 Å². The van der Waals surface area contributed by atoms with Crippen molar-refractivity contribution in [3.63, 3.8) is 0 Å². The molecule has 0 aliphatic heterocycles. The SMILES string of the molecule is CNCc1cc(COc2cc(F)c(Cl)cc2Br)c(C)o1. The molecule has 1 N–H and O–H groups in total. The Bertz CT molecular complexity index is 615. The third-order valence-electron chi connectivity index (χ3n) is 2.78. The predicted molar refractivity (Wildman–Crippen MR) is 79.7 cm³/mol. The van der Waals surface area contributed by atoms with Gasteiger partial charge in [-0.15, -0.1) is 0 Å². The summed E-state index contributed by atoms with van der Waals surface area (Å²) in [7, 11) is 1.85. The summed E-state index contributed by atoms with van der Waals surface area (Å²) in [5.41, 5.74) is 0.928. The van der Waals surface area contributed by atoms with Gasteiger partial charge in [-0.3, -0.25) is 0 Å². The predicted octanol–water partition coefficient (Wildman–Crippen LogP) is 4.44. The third-order valence-corrected chi connectivity index (χ3v) is 3.69. The molecule has 0 bridgehead atoms. The van der Waals surface area contributed by atoms with Crippen LogP contribution in [0.25, 0.3) is 0 Å². The number of benzene rings is 1. The van der Waals surface area contributed by atoms with Gasteiger partial charge < -0.3 is 14.5 Å². The van der Waals surface area contributed by atoms with Crippen molar-refractivity contribution in [2.45, 2.75) is 20.1 Å². The van der Waals surface area contributed by atoms with E-state index in [-0.39, 0.29) is 5.02 Å². The third kappa shape index (κ3) is 3.53. The molecule has 0 amide bonds. The van der Waals surface area contributed by atoms with Gasteiger partial charge in [0.1, 0.15) is 29.7 Å². The van der Waals surface area contributed by atoms with Crippen LogP contribution >= 0.6 is 27.5 Å². The second-order valence-electron chi connectivity index (χ2n) is 4.31. The van der Waals surface area contributed by atoms with E-state index in [4.69, 9.17) is 20.8 Å². The van der Waals surface area contributed by atoms with Gasteiger partial charge in [0.05, 0.1) is 16.0 Å². The molecule has 0 atom stereocenters. The Morgan fingerprint density at radius 1 is 1.40 bits per heavy atom. The standard InChI is InChI=1S/C14H14BrClFNO2/c1-8-9(3-10(20-8)6-18-2)7-19-14-5-13(17)12(16)4-11(14)15/h3-5,18H,6-7H2,1-2H3. The molecule has 6 heteroatoms. The minimum Gasteiger partial charge on any atom is -0.487 e. The quantitative estimate of drug-likeness (QED) is 0.798. The number of hydrogen-bond acceptors (Lipinski definition) is 3. The molecule has 0 saturated heterocycles. The molecule has 3 nitrogen and oxygen atoms in total. The highest BCUT2D eigenvalue weighted by Gasteiger charge is 2.11. The lowest BCUT2D eigenvalue weighted by Gasteiger charge is -2.08. The Labute approximate surface area is 130 Å². The fourth-order valence-corrected chi connectivity index (χ4v) is 2.52. The fraction of sp³-hybridized carbons (Fsp3) is 0.286. The normalized spacial score (nSPS) is 10.8. The molecule has 1 aromatic heterocycles. The lowest BCUT2D eigenvalue weighted by molar-refractivity contribution is 0.299. The van der Waals surface area contributed by atoms with Crippen LogP contribution in [0.4, 0.5) is 4.39 Å². The first kappa shape index (κ1) is 15.4. The van der Waals surface area contributed by atoms with E-state index in [2.05, 4.69) is 21.2 Å². The van der Waals surface area contributed by atoms with Gasteiger partial charge >= 0.3 is 0 Å². The van der Waals surface area contributed by atoms with Gasteiger partial charge in [0.25, 0.3) is 0 Å². The van der Waals surface area contributed by atoms with E-state index in [1.165, 1.54) is 12.1 Å². The zero-order valence-electron chi connectivity index (χ0n) is 11.1. The van der Waals surface area contributed by atoms with E-state index >= 15 is 0 Å². The van der Waals surface area contributed by atoms with Gasteiger partial charge in [0.15, 0.2) is 0 Å². The molecule has 0 unspecified atom stereocenters. The summed E-state index contributed by atoms with van der Waals surface area (Å²) < 4.78 is 25.2. The smallest absolute Gasteiger partial charge is 0.145 e. The minimum absolute atomic E-state index is 0.0556. The highest BCUT2D eigenvalue weighted by atomic mass is 79.9. The maximum atomic E-state index is 13.4. The maximum absolute atomic E-state index is 13.4. The number of furan rings is 1. The maximum Gasteiger partial charge on any atom is 0.145 e. The second kappa shape index (κ2) is 6.61. The van der Waals surface area contributed by atoms with E-state index < -0.39 is 5.82 Å². The number of rotatable bonds is 5. The zero-order chi connectivity index (χ0) is 14.7. The Kier molecular flexibility index (Phi) is 5.07. The van der Waals surface area contributed by atoms with Crippen molar-refractivity contribution in [2.24, 2.45) is 0 Å². The Morgan fingerprint density at radius 2 is 2.15 bits per heavy atom. The van der Waals surface area contributed by atoms with Gasteiger partial charge in [-0.25, -0.2) is 4.39 Å². The van der Waals surface area contributed by atoms with Gasteiger partial charge in [-0.1, -0.05) is 11.6 Å². The number of hydrogen-bond donors (Lipinski definition) is 1. The molecular formula is C14H14BrClFNO2. The van der Waals surface area contributed by atoms with Gasteiger partial charge in [0, 0.05) is 11.6 Å². The topological polar surface area (TPSA) is 34.4 Å². The molecule has 0 aliphatic rings. The molecule has 108 valence electrons. The molecule has 0 aliphatic carbocycles. The van der Waals surface area contributed by atoms with Crippen LogP contribution in [0.15, 0.2) is 27.1 Å². The largest absolute Gasteiger partial charge is 0.487 e. The second-order valence-corrected chi connectivity index (χ2v) is 5.57. The van der Waals surface area contributed by atoms with Gasteiger partial charge in [-0.05, 0) is 42.0 Å². The summed E-state index contributed by atoms with van der Waals surface area (Å²) in [5.74, 6) is 1.53. The summed E-state index contributed by atoms with van der Waals surface area (Å²) in [6.07, 6.45) is 0. The molecule has 20 heavy (non-hydrogen) atoms. The molecule has 1 heterocycles. The van der Waals surface area contributed by atoms with Crippen molar-refractivity contribution in [1.82, 2.24) is 5.32 Å². The monoisotopic (exact) mass is 361 g/mol. The number of nitrogens with one attached hydrogen (secondary N) is 1. The summed E-state index contributed by atoms with van der Waals surface area (Å²) in [6, 6.07) is 4.66. The molecule has 0 radical (unpaired) electrons. The first-order valence-corrected chi connectivity index (χ1v) is 7.18. The van der Waals surface area contributed by atoms with Crippen molar-refractivity contribution < 1.29 is 13.5 Å². The average Bonchev–Trinajstić information content (AvgIpc) is 2.73. The van der Waals surface area contributed by atoms with E-state index in [0.29, 0.717) is 23.4 Å².